The first-order valence-electron chi connectivity index (χ1n) is 5.57. The minimum atomic E-state index is -1.59. The van der Waals surface area contributed by atoms with Gasteiger partial charge in [0.05, 0.1) is 5.02 Å². The number of halogens is 5. The van der Waals surface area contributed by atoms with Crippen LogP contribution in [-0.4, -0.2) is 5.11 Å². The quantitative estimate of drug-likeness (QED) is 0.573. The Kier molecular flexibility index (Phi) is 4.82. The fourth-order valence-electron chi connectivity index (χ4n) is 1.93. The molecule has 1 atom stereocenters. The first-order valence-corrected chi connectivity index (χ1v) is 7.91. The van der Waals surface area contributed by atoms with Gasteiger partial charge in [-0.25, -0.2) is 4.39 Å². The van der Waals surface area contributed by atoms with E-state index in [4.69, 9.17) is 23.2 Å². The molecule has 1 unspecified atom stereocenters. The molecule has 2 aromatic rings. The van der Waals surface area contributed by atoms with Crippen molar-refractivity contribution in [1.29, 1.82) is 0 Å². The van der Waals surface area contributed by atoms with Gasteiger partial charge < -0.3 is 5.11 Å². The fraction of sp³-hybridized carbons (Fsp3) is 0.143. The van der Waals surface area contributed by atoms with E-state index in [2.05, 4.69) is 31.9 Å². The summed E-state index contributed by atoms with van der Waals surface area (Å²) in [5.41, 5.74) is -1.12. The van der Waals surface area contributed by atoms with Gasteiger partial charge in [-0.1, -0.05) is 51.3 Å². The maximum absolute atomic E-state index is 14.3. The summed E-state index contributed by atoms with van der Waals surface area (Å²) in [6.45, 7) is 1.48. The van der Waals surface area contributed by atoms with Gasteiger partial charge in [-0.2, -0.15) is 0 Å². The molecule has 20 heavy (non-hydrogen) atoms. The molecule has 0 saturated heterocycles. The number of hydrogen-bond donors (Lipinski definition) is 1. The predicted molar refractivity (Wildman–Crippen MR) is 86.9 cm³/mol. The van der Waals surface area contributed by atoms with Gasteiger partial charge >= 0.3 is 0 Å². The summed E-state index contributed by atoms with van der Waals surface area (Å²) >= 11 is 18.4. The van der Waals surface area contributed by atoms with Crippen molar-refractivity contribution in [2.75, 3.05) is 0 Å². The van der Waals surface area contributed by atoms with Gasteiger partial charge in [-0.15, -0.1) is 0 Å². The van der Waals surface area contributed by atoms with E-state index in [0.717, 1.165) is 4.47 Å². The Morgan fingerprint density at radius 3 is 2.30 bits per heavy atom. The molecular formula is C14H9Br2Cl2FO. The zero-order valence-electron chi connectivity index (χ0n) is 10.2. The molecule has 2 rings (SSSR count). The molecule has 0 saturated carbocycles. The molecule has 0 bridgehead atoms. The van der Waals surface area contributed by atoms with Crippen LogP contribution in [0.3, 0.4) is 0 Å². The Morgan fingerprint density at radius 2 is 1.70 bits per heavy atom. The van der Waals surface area contributed by atoms with Gasteiger partial charge in [0, 0.05) is 25.1 Å². The minimum Gasteiger partial charge on any atom is -0.381 e. The van der Waals surface area contributed by atoms with Crippen LogP contribution in [0.15, 0.2) is 39.3 Å². The second kappa shape index (κ2) is 5.93. The van der Waals surface area contributed by atoms with Gasteiger partial charge in [0.15, 0.2) is 0 Å². The third-order valence-electron chi connectivity index (χ3n) is 3.02. The van der Waals surface area contributed by atoms with Crippen molar-refractivity contribution in [3.8, 4) is 0 Å². The summed E-state index contributed by atoms with van der Waals surface area (Å²) in [6, 6.07) is 8.07. The van der Waals surface area contributed by atoms with Gasteiger partial charge in [0.25, 0.3) is 0 Å². The Bertz CT molecular complexity index is 674. The number of benzene rings is 2. The molecule has 0 aliphatic heterocycles. The molecule has 0 radical (unpaired) electrons. The molecule has 0 heterocycles. The summed E-state index contributed by atoms with van der Waals surface area (Å²) in [7, 11) is 0. The smallest absolute Gasteiger partial charge is 0.149 e. The molecule has 0 aliphatic carbocycles. The minimum absolute atomic E-state index is 0.0647. The van der Waals surface area contributed by atoms with Crippen molar-refractivity contribution in [2.45, 2.75) is 12.5 Å². The van der Waals surface area contributed by atoms with Crippen molar-refractivity contribution in [1.82, 2.24) is 0 Å². The van der Waals surface area contributed by atoms with Gasteiger partial charge in [-0.3, -0.25) is 0 Å². The maximum Gasteiger partial charge on any atom is 0.149 e. The van der Waals surface area contributed by atoms with Crippen LogP contribution in [-0.2, 0) is 5.60 Å². The zero-order valence-corrected chi connectivity index (χ0v) is 14.9. The normalized spacial score (nSPS) is 14.2. The fourth-order valence-corrected chi connectivity index (χ4v) is 3.26. The highest BCUT2D eigenvalue weighted by atomic mass is 79.9. The summed E-state index contributed by atoms with van der Waals surface area (Å²) in [4.78, 5) is 0. The molecular weight excluding hydrogens is 434 g/mol. The first kappa shape index (κ1) is 16.2. The Labute approximate surface area is 143 Å². The molecule has 0 spiro atoms. The molecule has 0 aliphatic rings. The van der Waals surface area contributed by atoms with Crippen LogP contribution in [0.25, 0.3) is 0 Å². The van der Waals surface area contributed by atoms with E-state index in [9.17, 15) is 9.50 Å². The van der Waals surface area contributed by atoms with Crippen molar-refractivity contribution in [3.63, 3.8) is 0 Å². The van der Waals surface area contributed by atoms with Crippen molar-refractivity contribution in [3.05, 3.63) is 66.3 Å². The number of hydrogen-bond acceptors (Lipinski definition) is 1. The molecule has 0 amide bonds. The molecule has 106 valence electrons. The molecule has 0 fully saturated rings. The van der Waals surface area contributed by atoms with Crippen LogP contribution < -0.4 is 0 Å². The Hall–Kier alpha value is -0.130. The van der Waals surface area contributed by atoms with E-state index >= 15 is 0 Å². The summed E-state index contributed by atoms with van der Waals surface area (Å²) in [6.07, 6.45) is 0. The lowest BCUT2D eigenvalue weighted by Gasteiger charge is -2.26. The monoisotopic (exact) mass is 440 g/mol. The highest BCUT2D eigenvalue weighted by Gasteiger charge is 2.32. The summed E-state index contributed by atoms with van der Waals surface area (Å²) in [5, 5.41) is 11.0. The standard InChI is InChI=1S/C14H9Br2Cl2FO/c1-14(20,8-3-2-7(15)6-11(8)17)9-4-5-10(16)12(18)13(9)19/h2-6,20H,1H3. The number of rotatable bonds is 2. The van der Waals surface area contributed by atoms with E-state index in [1.807, 2.05) is 0 Å². The molecule has 0 aromatic heterocycles. The number of aliphatic hydroxyl groups is 1. The lowest BCUT2D eigenvalue weighted by atomic mass is 9.88. The highest BCUT2D eigenvalue weighted by molar-refractivity contribution is 9.10. The van der Waals surface area contributed by atoms with E-state index in [1.165, 1.54) is 13.0 Å². The van der Waals surface area contributed by atoms with Crippen LogP contribution in [0, 0.1) is 5.82 Å². The second-order valence-electron chi connectivity index (χ2n) is 4.42. The largest absolute Gasteiger partial charge is 0.381 e. The van der Waals surface area contributed by atoms with Crippen LogP contribution >= 0.6 is 55.1 Å². The molecule has 1 N–H and O–H groups in total. The van der Waals surface area contributed by atoms with Crippen molar-refractivity contribution < 1.29 is 9.50 Å². The van der Waals surface area contributed by atoms with E-state index in [-0.39, 0.29) is 10.6 Å². The Morgan fingerprint density at radius 1 is 1.10 bits per heavy atom. The van der Waals surface area contributed by atoms with E-state index in [0.29, 0.717) is 15.1 Å². The summed E-state index contributed by atoms with van der Waals surface area (Å²) < 4.78 is 15.5. The van der Waals surface area contributed by atoms with Crippen molar-refractivity contribution >= 4 is 55.1 Å². The predicted octanol–water partition coefficient (Wildman–Crippen LogP) is 5.91. The third-order valence-corrected chi connectivity index (χ3v) is 5.08. The van der Waals surface area contributed by atoms with Gasteiger partial charge in [-0.05, 0) is 41.1 Å². The van der Waals surface area contributed by atoms with Crippen LogP contribution in [0.5, 0.6) is 0 Å². The van der Waals surface area contributed by atoms with Crippen LogP contribution in [0.2, 0.25) is 10.0 Å². The van der Waals surface area contributed by atoms with E-state index in [1.54, 1.807) is 24.3 Å². The maximum atomic E-state index is 14.3. The topological polar surface area (TPSA) is 20.2 Å². The first-order chi connectivity index (χ1) is 9.25. The van der Waals surface area contributed by atoms with Crippen molar-refractivity contribution in [2.24, 2.45) is 0 Å². The second-order valence-corrected chi connectivity index (χ2v) is 6.97. The lowest BCUT2D eigenvalue weighted by Crippen LogP contribution is -2.25. The zero-order chi connectivity index (χ0) is 15.1. The SMILES string of the molecule is CC(O)(c1ccc(Br)cc1Cl)c1ccc(Br)c(Cl)c1F. The molecule has 1 nitrogen and oxygen atoms in total. The third kappa shape index (κ3) is 2.90. The van der Waals surface area contributed by atoms with Crippen LogP contribution in [0.1, 0.15) is 18.1 Å². The van der Waals surface area contributed by atoms with E-state index < -0.39 is 11.4 Å². The average Bonchev–Trinajstić information content (AvgIpc) is 2.35. The highest BCUT2D eigenvalue weighted by Crippen LogP contribution is 2.39. The Balaban J connectivity index is 2.63. The average molecular weight is 443 g/mol. The van der Waals surface area contributed by atoms with Gasteiger partial charge in [0.2, 0.25) is 0 Å². The summed E-state index contributed by atoms with van der Waals surface area (Å²) in [5.74, 6) is -0.676. The van der Waals surface area contributed by atoms with Crippen LogP contribution in [0.4, 0.5) is 4.39 Å². The molecule has 2 aromatic carbocycles. The molecule has 6 heteroatoms. The van der Waals surface area contributed by atoms with Gasteiger partial charge in [0.1, 0.15) is 11.4 Å². The lowest BCUT2D eigenvalue weighted by molar-refractivity contribution is 0.0980.